The Hall–Kier alpha value is -2.99. The van der Waals surface area contributed by atoms with Crippen LogP contribution in [0.2, 0.25) is 0 Å². The third-order valence-corrected chi connectivity index (χ3v) is 5.21. The van der Waals surface area contributed by atoms with Crippen molar-refractivity contribution in [1.29, 1.82) is 0 Å². The number of amides is 3. The van der Waals surface area contributed by atoms with E-state index in [2.05, 4.69) is 10.2 Å². The van der Waals surface area contributed by atoms with Crippen LogP contribution >= 0.6 is 0 Å². The number of nitrogens with one attached hydrogen (secondary N) is 1. The molecule has 0 aromatic heterocycles. The van der Waals surface area contributed by atoms with Gasteiger partial charge in [0, 0.05) is 19.5 Å². The first kappa shape index (κ1) is 20.7. The lowest BCUT2D eigenvalue weighted by molar-refractivity contribution is -0.121. The number of fused-ring (bicyclic) bond motifs is 1. The first-order valence-corrected chi connectivity index (χ1v) is 9.83. The molecular formula is C23H27N3O3. The van der Waals surface area contributed by atoms with Gasteiger partial charge in [-0.15, -0.1) is 0 Å². The molecule has 1 atom stereocenters. The van der Waals surface area contributed by atoms with Gasteiger partial charge in [-0.25, -0.2) is 0 Å². The fraction of sp³-hybridized carbons (Fsp3) is 0.348. The molecule has 1 heterocycles. The number of hydrogen-bond donors (Lipinski definition) is 1. The zero-order chi connectivity index (χ0) is 21.0. The van der Waals surface area contributed by atoms with Crippen molar-refractivity contribution in [2.75, 3.05) is 27.2 Å². The molecule has 3 amide bonds. The predicted molar refractivity (Wildman–Crippen MR) is 112 cm³/mol. The van der Waals surface area contributed by atoms with E-state index in [9.17, 15) is 14.4 Å². The van der Waals surface area contributed by atoms with Gasteiger partial charge >= 0.3 is 0 Å². The summed E-state index contributed by atoms with van der Waals surface area (Å²) >= 11 is 0. The molecule has 0 radical (unpaired) electrons. The second-order valence-electron chi connectivity index (χ2n) is 7.61. The molecule has 1 aliphatic rings. The molecule has 3 rings (SSSR count). The molecule has 0 saturated heterocycles. The minimum Gasteiger partial charge on any atom is -0.354 e. The van der Waals surface area contributed by atoms with Crippen molar-refractivity contribution in [1.82, 2.24) is 15.1 Å². The number of aryl methyl sites for hydroxylation is 1. The summed E-state index contributed by atoms with van der Waals surface area (Å²) in [4.78, 5) is 40.5. The molecule has 0 unspecified atom stereocenters. The number of likely N-dealkylation sites (N-methyl/N-ethyl adjacent to an activating group) is 1. The van der Waals surface area contributed by atoms with Crippen molar-refractivity contribution in [2.24, 2.45) is 0 Å². The summed E-state index contributed by atoms with van der Waals surface area (Å²) in [7, 11) is 3.96. The van der Waals surface area contributed by atoms with E-state index in [1.165, 1.54) is 4.90 Å². The number of imide groups is 1. The molecule has 2 aromatic rings. The Balaban J connectivity index is 1.49. The molecule has 152 valence electrons. The quantitative estimate of drug-likeness (QED) is 0.700. The smallest absolute Gasteiger partial charge is 0.261 e. The molecule has 0 fully saturated rings. The predicted octanol–water partition coefficient (Wildman–Crippen LogP) is 2.79. The molecule has 1 N–H and O–H groups in total. The van der Waals surface area contributed by atoms with Gasteiger partial charge in [0.25, 0.3) is 11.8 Å². The molecular weight excluding hydrogens is 366 g/mol. The Labute approximate surface area is 171 Å². The van der Waals surface area contributed by atoms with Crippen molar-refractivity contribution in [3.8, 4) is 0 Å². The molecule has 2 aromatic carbocycles. The van der Waals surface area contributed by atoms with Gasteiger partial charge in [0.1, 0.15) is 0 Å². The van der Waals surface area contributed by atoms with Gasteiger partial charge in [0.15, 0.2) is 0 Å². The van der Waals surface area contributed by atoms with Crippen molar-refractivity contribution in [3.63, 3.8) is 0 Å². The maximum absolute atomic E-state index is 12.5. The van der Waals surface area contributed by atoms with E-state index >= 15 is 0 Å². The normalized spacial score (nSPS) is 14.3. The van der Waals surface area contributed by atoms with Crippen LogP contribution in [-0.4, -0.2) is 54.7 Å². The second kappa shape index (κ2) is 9.01. The summed E-state index contributed by atoms with van der Waals surface area (Å²) in [5.74, 6) is -0.631. The van der Waals surface area contributed by atoms with Gasteiger partial charge in [-0.2, -0.15) is 0 Å². The van der Waals surface area contributed by atoms with Crippen LogP contribution in [0.1, 0.15) is 50.7 Å². The van der Waals surface area contributed by atoms with Crippen LogP contribution in [0.15, 0.2) is 48.5 Å². The Morgan fingerprint density at radius 2 is 1.72 bits per heavy atom. The first-order chi connectivity index (χ1) is 13.9. The Bertz CT molecular complexity index is 909. The van der Waals surface area contributed by atoms with Crippen LogP contribution in [0.3, 0.4) is 0 Å². The fourth-order valence-corrected chi connectivity index (χ4v) is 3.58. The van der Waals surface area contributed by atoms with Crippen molar-refractivity contribution >= 4 is 17.7 Å². The Morgan fingerprint density at radius 1 is 1.03 bits per heavy atom. The summed E-state index contributed by atoms with van der Waals surface area (Å²) in [6, 6.07) is 15.4. The topological polar surface area (TPSA) is 69.7 Å². The average molecular weight is 393 g/mol. The maximum atomic E-state index is 12.5. The van der Waals surface area contributed by atoms with E-state index in [4.69, 9.17) is 0 Å². The van der Waals surface area contributed by atoms with Gasteiger partial charge in [-0.1, -0.05) is 42.0 Å². The lowest BCUT2D eigenvalue weighted by atomic mass is 10.1. The summed E-state index contributed by atoms with van der Waals surface area (Å²) in [5, 5.41) is 2.97. The van der Waals surface area contributed by atoms with Gasteiger partial charge in [-0.05, 0) is 45.1 Å². The molecule has 29 heavy (non-hydrogen) atoms. The van der Waals surface area contributed by atoms with Crippen LogP contribution < -0.4 is 5.32 Å². The van der Waals surface area contributed by atoms with E-state index in [0.29, 0.717) is 24.1 Å². The van der Waals surface area contributed by atoms with E-state index in [0.717, 1.165) is 11.1 Å². The monoisotopic (exact) mass is 393 g/mol. The lowest BCUT2D eigenvalue weighted by Gasteiger charge is -2.25. The van der Waals surface area contributed by atoms with Crippen molar-refractivity contribution < 1.29 is 14.4 Å². The van der Waals surface area contributed by atoms with Crippen molar-refractivity contribution in [2.45, 2.75) is 25.8 Å². The third kappa shape index (κ3) is 4.71. The summed E-state index contributed by atoms with van der Waals surface area (Å²) in [6.07, 6.45) is 0.704. The largest absolute Gasteiger partial charge is 0.354 e. The number of benzene rings is 2. The van der Waals surface area contributed by atoms with Crippen LogP contribution in [0.4, 0.5) is 0 Å². The van der Waals surface area contributed by atoms with Crippen LogP contribution in [-0.2, 0) is 4.79 Å². The van der Waals surface area contributed by atoms with Gasteiger partial charge < -0.3 is 10.2 Å². The van der Waals surface area contributed by atoms with Gasteiger partial charge in [0.05, 0.1) is 17.2 Å². The number of nitrogens with zero attached hydrogens (tertiary/aromatic N) is 2. The maximum Gasteiger partial charge on any atom is 0.261 e. The second-order valence-corrected chi connectivity index (χ2v) is 7.61. The summed E-state index contributed by atoms with van der Waals surface area (Å²) in [6.45, 7) is 2.64. The molecule has 0 saturated carbocycles. The standard InChI is InChI=1S/C23H27N3O3/c1-16-11-12-18-19(14-16)23(29)26(22(18)28)13-7-10-21(27)24-15-20(25(2)3)17-8-5-4-6-9-17/h4-6,8-9,11-12,14,20H,7,10,13,15H2,1-3H3,(H,24,27)/t20-/m0/s1. The van der Waals surface area contributed by atoms with Crippen LogP contribution in [0, 0.1) is 6.92 Å². The third-order valence-electron chi connectivity index (χ3n) is 5.21. The molecule has 0 aliphatic carbocycles. The number of rotatable bonds is 8. The van der Waals surface area contributed by atoms with Crippen LogP contribution in [0.25, 0.3) is 0 Å². The summed E-state index contributed by atoms with van der Waals surface area (Å²) in [5.41, 5.74) is 2.98. The minimum atomic E-state index is -0.276. The van der Waals surface area contributed by atoms with Crippen molar-refractivity contribution in [3.05, 3.63) is 70.8 Å². The lowest BCUT2D eigenvalue weighted by Crippen LogP contribution is -2.35. The van der Waals surface area contributed by atoms with E-state index in [1.807, 2.05) is 57.4 Å². The van der Waals surface area contributed by atoms with Gasteiger partial charge in [-0.3, -0.25) is 19.3 Å². The SMILES string of the molecule is Cc1ccc2c(c1)C(=O)N(CCCC(=O)NC[C@@H](c1ccccc1)N(C)C)C2=O. The molecule has 1 aliphatic heterocycles. The summed E-state index contributed by atoms with van der Waals surface area (Å²) < 4.78 is 0. The van der Waals surface area contributed by atoms with Crippen LogP contribution in [0.5, 0.6) is 0 Å². The number of carbonyl (C=O) groups is 3. The highest BCUT2D eigenvalue weighted by Gasteiger charge is 2.34. The zero-order valence-electron chi connectivity index (χ0n) is 17.1. The highest BCUT2D eigenvalue weighted by Crippen LogP contribution is 2.24. The molecule has 6 nitrogen and oxygen atoms in total. The highest BCUT2D eigenvalue weighted by atomic mass is 16.2. The van der Waals surface area contributed by atoms with E-state index in [1.54, 1.807) is 12.1 Å². The number of carbonyl (C=O) groups excluding carboxylic acids is 3. The fourth-order valence-electron chi connectivity index (χ4n) is 3.58. The first-order valence-electron chi connectivity index (χ1n) is 9.83. The zero-order valence-corrected chi connectivity index (χ0v) is 17.1. The van der Waals surface area contributed by atoms with E-state index < -0.39 is 0 Å². The molecule has 0 bridgehead atoms. The van der Waals surface area contributed by atoms with Gasteiger partial charge in [0.2, 0.25) is 5.91 Å². The van der Waals surface area contributed by atoms with E-state index in [-0.39, 0.29) is 36.7 Å². The number of hydrogen-bond acceptors (Lipinski definition) is 4. The Morgan fingerprint density at radius 3 is 2.41 bits per heavy atom. The molecule has 0 spiro atoms. The highest BCUT2D eigenvalue weighted by molar-refractivity contribution is 6.21. The Kier molecular flexibility index (Phi) is 6.44. The molecule has 6 heteroatoms. The average Bonchev–Trinajstić information content (AvgIpc) is 2.93. The minimum absolute atomic E-state index is 0.0830.